The summed E-state index contributed by atoms with van der Waals surface area (Å²) in [5.41, 5.74) is 0.707. The third-order valence-electron chi connectivity index (χ3n) is 4.04. The smallest absolute Gasteiger partial charge is 0.178 e. The van der Waals surface area contributed by atoms with Gasteiger partial charge in [-0.15, -0.1) is 0 Å². The van der Waals surface area contributed by atoms with Crippen molar-refractivity contribution in [2.24, 2.45) is 0 Å². The Morgan fingerprint density at radius 1 is 1.17 bits per heavy atom. The third-order valence-corrected chi connectivity index (χ3v) is 5.18. The number of fused-ring (bicyclic) bond motifs is 1. The van der Waals surface area contributed by atoms with E-state index in [1.165, 1.54) is 12.5 Å². The molecular weight excluding hydrogens is 328 g/mol. The zero-order chi connectivity index (χ0) is 16.7. The summed E-state index contributed by atoms with van der Waals surface area (Å²) in [6.45, 7) is 1.81. The van der Waals surface area contributed by atoms with Crippen LogP contribution in [0.4, 0.5) is 5.82 Å². The number of hydrogen-bond acceptors (Lipinski definition) is 6. The summed E-state index contributed by atoms with van der Waals surface area (Å²) >= 11 is 0. The molecular formula is C15H16N6O2S. The second kappa shape index (κ2) is 5.45. The Morgan fingerprint density at radius 2 is 2.00 bits per heavy atom. The minimum Gasteiger partial charge on any atom is -0.349 e. The van der Waals surface area contributed by atoms with Gasteiger partial charge in [0.1, 0.15) is 22.9 Å². The number of anilines is 1. The van der Waals surface area contributed by atoms with E-state index in [4.69, 9.17) is 0 Å². The van der Waals surface area contributed by atoms with E-state index in [0.717, 1.165) is 18.2 Å². The van der Waals surface area contributed by atoms with Gasteiger partial charge >= 0.3 is 0 Å². The summed E-state index contributed by atoms with van der Waals surface area (Å²) < 4.78 is 27.4. The van der Waals surface area contributed by atoms with Crippen LogP contribution in [0.15, 0.2) is 48.0 Å². The molecule has 9 heteroatoms. The van der Waals surface area contributed by atoms with Crippen molar-refractivity contribution in [3.8, 4) is 5.82 Å². The highest BCUT2D eigenvalue weighted by molar-refractivity contribution is 7.90. The van der Waals surface area contributed by atoms with Crippen LogP contribution in [0, 0.1) is 0 Å². The van der Waals surface area contributed by atoms with Crippen molar-refractivity contribution in [3.63, 3.8) is 0 Å². The number of aromatic nitrogens is 5. The van der Waals surface area contributed by atoms with Gasteiger partial charge in [0.2, 0.25) is 0 Å². The minimum atomic E-state index is -3.29. The lowest BCUT2D eigenvalue weighted by Crippen LogP contribution is -2.35. The maximum absolute atomic E-state index is 11.9. The number of pyridine rings is 1. The van der Waals surface area contributed by atoms with Gasteiger partial charge in [-0.25, -0.2) is 18.4 Å². The summed E-state index contributed by atoms with van der Waals surface area (Å²) in [5, 5.41) is 4.19. The number of rotatable bonds is 3. The molecule has 1 aliphatic rings. The van der Waals surface area contributed by atoms with E-state index in [1.54, 1.807) is 17.2 Å². The summed E-state index contributed by atoms with van der Waals surface area (Å²) in [6.07, 6.45) is 7.87. The molecule has 0 N–H and O–H groups in total. The summed E-state index contributed by atoms with van der Waals surface area (Å²) in [4.78, 5) is 11.0. The molecule has 24 heavy (non-hydrogen) atoms. The van der Waals surface area contributed by atoms with E-state index < -0.39 is 9.84 Å². The highest BCUT2D eigenvalue weighted by Crippen LogP contribution is 2.24. The van der Waals surface area contributed by atoms with E-state index in [1.807, 2.05) is 29.0 Å². The van der Waals surface area contributed by atoms with E-state index in [2.05, 4.69) is 20.0 Å². The van der Waals surface area contributed by atoms with Crippen LogP contribution in [0.3, 0.4) is 0 Å². The lowest BCUT2D eigenvalue weighted by Gasteiger charge is -2.29. The van der Waals surface area contributed by atoms with Crippen molar-refractivity contribution in [1.82, 2.24) is 24.3 Å². The van der Waals surface area contributed by atoms with E-state index in [9.17, 15) is 8.42 Å². The highest BCUT2D eigenvalue weighted by Gasteiger charge is 2.25. The molecule has 8 nitrogen and oxygen atoms in total. The molecule has 0 radical (unpaired) electrons. The average molecular weight is 344 g/mol. The van der Waals surface area contributed by atoms with Crippen molar-refractivity contribution >= 4 is 15.7 Å². The van der Waals surface area contributed by atoms with Gasteiger partial charge in [0.05, 0.1) is 25.0 Å². The Bertz CT molecular complexity index is 977. The zero-order valence-electron chi connectivity index (χ0n) is 13.1. The van der Waals surface area contributed by atoms with Crippen molar-refractivity contribution < 1.29 is 8.42 Å². The predicted molar refractivity (Wildman–Crippen MR) is 87.7 cm³/mol. The summed E-state index contributed by atoms with van der Waals surface area (Å²) in [5.74, 6) is 1.57. The first-order chi connectivity index (χ1) is 11.5. The quantitative estimate of drug-likeness (QED) is 0.701. The van der Waals surface area contributed by atoms with E-state index >= 15 is 0 Å². The van der Waals surface area contributed by atoms with Crippen LogP contribution in [0.25, 0.3) is 5.82 Å². The first-order valence-electron chi connectivity index (χ1n) is 7.47. The van der Waals surface area contributed by atoms with Crippen molar-refractivity contribution in [1.29, 1.82) is 0 Å². The van der Waals surface area contributed by atoms with Gasteiger partial charge in [0, 0.05) is 25.2 Å². The molecule has 3 aromatic heterocycles. The molecule has 3 aromatic rings. The topological polar surface area (TPSA) is 85.9 Å². The molecule has 0 bridgehead atoms. The monoisotopic (exact) mass is 344 g/mol. The molecule has 0 spiro atoms. The zero-order valence-corrected chi connectivity index (χ0v) is 13.9. The van der Waals surface area contributed by atoms with E-state index in [0.29, 0.717) is 18.8 Å². The molecule has 4 heterocycles. The first-order valence-corrected chi connectivity index (χ1v) is 9.36. The van der Waals surface area contributed by atoms with Gasteiger partial charge in [0.15, 0.2) is 9.84 Å². The van der Waals surface area contributed by atoms with Crippen LogP contribution in [-0.4, -0.2) is 45.5 Å². The number of hydrogen-bond donors (Lipinski definition) is 0. The Balaban J connectivity index is 1.68. The van der Waals surface area contributed by atoms with E-state index in [-0.39, 0.29) is 4.90 Å². The second-order valence-corrected chi connectivity index (χ2v) is 7.68. The maximum atomic E-state index is 11.9. The number of sulfone groups is 1. The van der Waals surface area contributed by atoms with Crippen LogP contribution in [0.5, 0.6) is 0 Å². The fourth-order valence-corrected chi connectivity index (χ4v) is 3.69. The summed E-state index contributed by atoms with van der Waals surface area (Å²) in [7, 11) is -3.29. The van der Waals surface area contributed by atoms with Gasteiger partial charge in [-0.2, -0.15) is 5.10 Å². The number of imidazole rings is 1. The van der Waals surface area contributed by atoms with Crippen LogP contribution >= 0.6 is 0 Å². The predicted octanol–water partition coefficient (Wildman–Crippen LogP) is 0.887. The lowest BCUT2D eigenvalue weighted by molar-refractivity contribution is 0.511. The lowest BCUT2D eigenvalue weighted by atomic mass is 10.3. The van der Waals surface area contributed by atoms with Crippen molar-refractivity contribution in [3.05, 3.63) is 48.8 Å². The van der Waals surface area contributed by atoms with Gasteiger partial charge < -0.3 is 4.90 Å². The Kier molecular flexibility index (Phi) is 3.38. The molecule has 0 atom stereocenters. The molecule has 0 unspecified atom stereocenters. The molecule has 0 amide bonds. The first kappa shape index (κ1) is 14.9. The largest absolute Gasteiger partial charge is 0.349 e. The normalized spacial score (nSPS) is 14.6. The molecule has 0 aliphatic carbocycles. The van der Waals surface area contributed by atoms with Crippen LogP contribution in [0.2, 0.25) is 0 Å². The van der Waals surface area contributed by atoms with Gasteiger partial charge in [-0.3, -0.25) is 9.25 Å². The SMILES string of the molecule is CS(=O)(=O)c1cnn2c1CN(c1cccc(-n3ccnc3)n1)CC2. The van der Waals surface area contributed by atoms with Gasteiger partial charge in [0.25, 0.3) is 0 Å². The molecule has 0 saturated carbocycles. The number of nitrogens with zero attached hydrogens (tertiary/aromatic N) is 6. The Labute approximate surface area is 139 Å². The Hall–Kier alpha value is -2.68. The molecule has 0 aromatic carbocycles. The van der Waals surface area contributed by atoms with Crippen LogP contribution < -0.4 is 4.90 Å². The summed E-state index contributed by atoms with van der Waals surface area (Å²) in [6, 6.07) is 5.76. The average Bonchev–Trinajstić information content (AvgIpc) is 3.23. The molecule has 0 fully saturated rings. The molecule has 124 valence electrons. The van der Waals surface area contributed by atoms with Crippen LogP contribution in [0.1, 0.15) is 5.69 Å². The van der Waals surface area contributed by atoms with Gasteiger partial charge in [-0.05, 0) is 12.1 Å². The standard InChI is InChI=1S/C15H16N6O2S/c1-24(22,23)13-9-17-21-8-7-19(10-12(13)21)14-3-2-4-15(18-14)20-6-5-16-11-20/h2-6,9,11H,7-8,10H2,1H3. The van der Waals surface area contributed by atoms with Gasteiger partial charge in [-0.1, -0.05) is 6.07 Å². The third kappa shape index (κ3) is 2.56. The molecule has 1 aliphatic heterocycles. The highest BCUT2D eigenvalue weighted by atomic mass is 32.2. The molecule has 4 rings (SSSR count). The fourth-order valence-electron chi connectivity index (χ4n) is 2.85. The fraction of sp³-hybridized carbons (Fsp3) is 0.267. The molecule has 0 saturated heterocycles. The maximum Gasteiger partial charge on any atom is 0.178 e. The second-order valence-electron chi connectivity index (χ2n) is 5.70. The minimum absolute atomic E-state index is 0.290. The van der Waals surface area contributed by atoms with Crippen molar-refractivity contribution in [2.45, 2.75) is 18.0 Å². The van der Waals surface area contributed by atoms with Crippen LogP contribution in [-0.2, 0) is 22.9 Å². The van der Waals surface area contributed by atoms with Crippen molar-refractivity contribution in [2.75, 3.05) is 17.7 Å². The Morgan fingerprint density at radius 3 is 2.75 bits per heavy atom.